The molecule has 0 spiro atoms. The number of carbonyl (C=O) groups is 1. The Kier molecular flexibility index (Phi) is 4.10. The normalized spacial score (nSPS) is 11.9. The van der Waals surface area contributed by atoms with Gasteiger partial charge in [0.1, 0.15) is 11.6 Å². The molecule has 0 saturated carbocycles. The number of ether oxygens (including phenoxy) is 1. The summed E-state index contributed by atoms with van der Waals surface area (Å²) >= 11 is 0. The second kappa shape index (κ2) is 6.36. The zero-order chi connectivity index (χ0) is 16.2. The van der Waals surface area contributed by atoms with Crippen molar-refractivity contribution in [1.29, 1.82) is 0 Å². The molecule has 0 bridgehead atoms. The fraction of sp³-hybridized carbons (Fsp3) is 0.111. The third-order valence-electron chi connectivity index (χ3n) is 3.61. The maximum atomic E-state index is 12.2. The lowest BCUT2D eigenvalue weighted by Crippen LogP contribution is -2.29. The number of nitrogens with two attached hydrogens (primary N) is 1. The highest BCUT2D eigenvalue weighted by molar-refractivity contribution is 5.92. The number of benzene rings is 2. The lowest BCUT2D eigenvalue weighted by molar-refractivity contribution is -0.127. The van der Waals surface area contributed by atoms with E-state index in [1.54, 1.807) is 19.3 Å². The minimum absolute atomic E-state index is 0.213. The molecule has 2 aromatic carbocycles. The van der Waals surface area contributed by atoms with Gasteiger partial charge in [0.25, 0.3) is 5.91 Å². The Bertz CT molecular complexity index is 834. The number of nitrogens with zero attached hydrogens (tertiary/aromatic N) is 1. The third kappa shape index (κ3) is 3.08. The molecule has 0 saturated heterocycles. The SMILES string of the molecule is CNC(=O)C(Oc1ccc2ccnc(N)c2c1)c1ccccc1. The Hall–Kier alpha value is -3.08. The maximum absolute atomic E-state index is 12.2. The molecule has 0 aliphatic rings. The van der Waals surface area contributed by atoms with Crippen molar-refractivity contribution in [1.82, 2.24) is 10.3 Å². The quantitative estimate of drug-likeness (QED) is 0.777. The Morgan fingerprint density at radius 1 is 1.17 bits per heavy atom. The van der Waals surface area contributed by atoms with Gasteiger partial charge in [-0.3, -0.25) is 4.79 Å². The van der Waals surface area contributed by atoms with Crippen molar-refractivity contribution in [3.05, 3.63) is 66.4 Å². The number of aromatic nitrogens is 1. The average molecular weight is 307 g/mol. The molecule has 5 heteroatoms. The first-order valence-electron chi connectivity index (χ1n) is 7.26. The van der Waals surface area contributed by atoms with E-state index in [2.05, 4.69) is 10.3 Å². The van der Waals surface area contributed by atoms with Crippen molar-refractivity contribution >= 4 is 22.5 Å². The molecule has 3 aromatic rings. The van der Waals surface area contributed by atoms with Gasteiger partial charge in [-0.15, -0.1) is 0 Å². The summed E-state index contributed by atoms with van der Waals surface area (Å²) in [7, 11) is 1.59. The molecule has 1 unspecified atom stereocenters. The van der Waals surface area contributed by atoms with Crippen LogP contribution in [-0.4, -0.2) is 17.9 Å². The summed E-state index contributed by atoms with van der Waals surface area (Å²) in [5, 5.41) is 4.40. The van der Waals surface area contributed by atoms with Crippen LogP contribution >= 0.6 is 0 Å². The van der Waals surface area contributed by atoms with Crippen molar-refractivity contribution in [2.45, 2.75) is 6.10 Å². The molecule has 3 N–H and O–H groups in total. The van der Waals surface area contributed by atoms with Gasteiger partial charge < -0.3 is 15.8 Å². The van der Waals surface area contributed by atoms with Crippen molar-refractivity contribution in [2.24, 2.45) is 0 Å². The first-order chi connectivity index (χ1) is 11.2. The van der Waals surface area contributed by atoms with Gasteiger partial charge >= 0.3 is 0 Å². The van der Waals surface area contributed by atoms with Gasteiger partial charge in [0.05, 0.1) is 0 Å². The summed E-state index contributed by atoms with van der Waals surface area (Å²) in [5.74, 6) is 0.786. The van der Waals surface area contributed by atoms with Gasteiger partial charge in [-0.1, -0.05) is 36.4 Å². The van der Waals surface area contributed by atoms with Gasteiger partial charge in [-0.25, -0.2) is 4.98 Å². The van der Waals surface area contributed by atoms with E-state index in [0.29, 0.717) is 11.6 Å². The number of anilines is 1. The second-order valence-electron chi connectivity index (χ2n) is 5.10. The van der Waals surface area contributed by atoms with Crippen LogP contribution in [0.5, 0.6) is 5.75 Å². The smallest absolute Gasteiger partial charge is 0.265 e. The van der Waals surface area contributed by atoms with Crippen LogP contribution in [-0.2, 0) is 4.79 Å². The number of hydrogen-bond donors (Lipinski definition) is 2. The van der Waals surface area contributed by atoms with Crippen molar-refractivity contribution in [2.75, 3.05) is 12.8 Å². The lowest BCUT2D eigenvalue weighted by atomic mass is 10.1. The summed E-state index contributed by atoms with van der Waals surface area (Å²) in [6, 6.07) is 16.8. The number of nitrogens with one attached hydrogen (secondary N) is 1. The van der Waals surface area contributed by atoms with Crippen LogP contribution in [0.2, 0.25) is 0 Å². The first kappa shape index (κ1) is 14.8. The molecule has 1 amide bonds. The largest absolute Gasteiger partial charge is 0.476 e. The van der Waals surface area contributed by atoms with E-state index in [-0.39, 0.29) is 5.91 Å². The number of pyridine rings is 1. The number of rotatable bonds is 4. The zero-order valence-corrected chi connectivity index (χ0v) is 12.7. The zero-order valence-electron chi connectivity index (χ0n) is 12.7. The molecule has 5 nitrogen and oxygen atoms in total. The van der Waals surface area contributed by atoms with E-state index >= 15 is 0 Å². The number of amides is 1. The molecule has 1 heterocycles. The summed E-state index contributed by atoms with van der Waals surface area (Å²) < 4.78 is 5.92. The van der Waals surface area contributed by atoms with E-state index in [4.69, 9.17) is 10.5 Å². The maximum Gasteiger partial charge on any atom is 0.265 e. The summed E-state index contributed by atoms with van der Waals surface area (Å²) in [5.41, 5.74) is 6.69. The molecule has 1 aromatic heterocycles. The predicted molar refractivity (Wildman–Crippen MR) is 90.0 cm³/mol. The summed E-state index contributed by atoms with van der Waals surface area (Å²) in [6.45, 7) is 0. The van der Waals surface area contributed by atoms with Gasteiger partial charge in [-0.05, 0) is 23.6 Å². The fourth-order valence-corrected chi connectivity index (χ4v) is 2.41. The van der Waals surface area contributed by atoms with Crippen molar-refractivity contribution in [3.63, 3.8) is 0 Å². The van der Waals surface area contributed by atoms with Gasteiger partial charge in [0.2, 0.25) is 6.10 Å². The molecule has 1 atom stereocenters. The van der Waals surface area contributed by atoms with Crippen molar-refractivity contribution in [3.8, 4) is 5.75 Å². The molecule has 0 aliphatic carbocycles. The Morgan fingerprint density at radius 3 is 2.70 bits per heavy atom. The molecule has 0 radical (unpaired) electrons. The topological polar surface area (TPSA) is 77.2 Å². The molecule has 0 aliphatic heterocycles. The standard InChI is InChI=1S/C18H17N3O2/c1-20-18(22)16(13-5-3-2-4-6-13)23-14-8-7-12-9-10-21-17(19)15(12)11-14/h2-11,16H,1H3,(H2,19,21)(H,20,22). The van der Waals surface area contributed by atoms with Crippen LogP contribution in [0.1, 0.15) is 11.7 Å². The highest BCUT2D eigenvalue weighted by Gasteiger charge is 2.21. The number of likely N-dealkylation sites (N-methyl/N-ethyl adjacent to an activating group) is 1. The van der Waals surface area contributed by atoms with Crippen LogP contribution in [0.15, 0.2) is 60.8 Å². The van der Waals surface area contributed by atoms with Crippen LogP contribution in [0, 0.1) is 0 Å². The Morgan fingerprint density at radius 2 is 1.96 bits per heavy atom. The number of hydrogen-bond acceptors (Lipinski definition) is 4. The van der Waals surface area contributed by atoms with Gasteiger partial charge in [-0.2, -0.15) is 0 Å². The van der Waals surface area contributed by atoms with Crippen LogP contribution < -0.4 is 15.8 Å². The second-order valence-corrected chi connectivity index (χ2v) is 5.10. The van der Waals surface area contributed by atoms with Gasteiger partial charge in [0, 0.05) is 24.2 Å². The minimum Gasteiger partial charge on any atom is -0.476 e. The summed E-state index contributed by atoms with van der Waals surface area (Å²) in [6.07, 6.45) is 0.937. The Labute approximate surface area is 134 Å². The van der Waals surface area contributed by atoms with E-state index in [1.165, 1.54) is 0 Å². The Balaban J connectivity index is 1.97. The van der Waals surface area contributed by atoms with E-state index in [1.807, 2.05) is 48.5 Å². The van der Waals surface area contributed by atoms with Crippen LogP contribution in [0.3, 0.4) is 0 Å². The number of carbonyl (C=O) groups excluding carboxylic acids is 1. The van der Waals surface area contributed by atoms with Crippen LogP contribution in [0.25, 0.3) is 10.8 Å². The molecule has 23 heavy (non-hydrogen) atoms. The number of nitrogen functional groups attached to an aromatic ring is 1. The first-order valence-corrected chi connectivity index (χ1v) is 7.26. The average Bonchev–Trinajstić information content (AvgIpc) is 2.60. The van der Waals surface area contributed by atoms with Crippen LogP contribution in [0.4, 0.5) is 5.82 Å². The molecular formula is C18H17N3O2. The van der Waals surface area contributed by atoms with Crippen molar-refractivity contribution < 1.29 is 9.53 Å². The van der Waals surface area contributed by atoms with E-state index in [0.717, 1.165) is 16.3 Å². The monoisotopic (exact) mass is 307 g/mol. The molecule has 3 rings (SSSR count). The predicted octanol–water partition coefficient (Wildman–Crippen LogP) is 2.68. The minimum atomic E-state index is -0.725. The fourth-order valence-electron chi connectivity index (χ4n) is 2.41. The third-order valence-corrected chi connectivity index (χ3v) is 3.61. The number of fused-ring (bicyclic) bond motifs is 1. The molecule has 116 valence electrons. The summed E-state index contributed by atoms with van der Waals surface area (Å²) in [4.78, 5) is 16.3. The van der Waals surface area contributed by atoms with Gasteiger partial charge in [0.15, 0.2) is 0 Å². The molecule has 0 fully saturated rings. The highest BCUT2D eigenvalue weighted by atomic mass is 16.5. The highest BCUT2D eigenvalue weighted by Crippen LogP contribution is 2.28. The van der Waals surface area contributed by atoms with E-state index in [9.17, 15) is 4.79 Å². The van der Waals surface area contributed by atoms with E-state index < -0.39 is 6.10 Å². The lowest BCUT2D eigenvalue weighted by Gasteiger charge is -2.18. The molecular weight excluding hydrogens is 290 g/mol.